The van der Waals surface area contributed by atoms with Gasteiger partial charge in [-0.3, -0.25) is 0 Å². The number of rotatable bonds is 2. The zero-order valence-corrected chi connectivity index (χ0v) is 7.93. The minimum atomic E-state index is 0.151. The molecule has 2 aromatic rings. The minimum absolute atomic E-state index is 0.151. The summed E-state index contributed by atoms with van der Waals surface area (Å²) >= 11 is 0. The summed E-state index contributed by atoms with van der Waals surface area (Å²) in [5.41, 5.74) is 8.42. The van der Waals surface area contributed by atoms with E-state index in [4.69, 9.17) is 5.73 Å². The number of aromatic nitrogens is 2. The lowest BCUT2D eigenvalue weighted by molar-refractivity contribution is 0.595. The van der Waals surface area contributed by atoms with Crippen molar-refractivity contribution in [3.63, 3.8) is 0 Å². The molecule has 0 spiro atoms. The first-order valence-corrected chi connectivity index (χ1v) is 5.04. The van der Waals surface area contributed by atoms with Crippen molar-refractivity contribution >= 4 is 5.52 Å². The molecule has 0 unspecified atom stereocenters. The van der Waals surface area contributed by atoms with Crippen LogP contribution in [-0.4, -0.2) is 9.61 Å². The van der Waals surface area contributed by atoms with Crippen LogP contribution in [0.2, 0.25) is 0 Å². The number of fused-ring (bicyclic) bond motifs is 1. The van der Waals surface area contributed by atoms with Crippen molar-refractivity contribution < 1.29 is 0 Å². The van der Waals surface area contributed by atoms with Crippen molar-refractivity contribution in [1.29, 1.82) is 0 Å². The molecule has 1 aliphatic carbocycles. The Kier molecular flexibility index (Phi) is 1.61. The van der Waals surface area contributed by atoms with Gasteiger partial charge in [-0.15, -0.1) is 0 Å². The standard InChI is InChI=1S/C11H13N3/c12-11(8-4-5-8)10-3-1-2-9-6-7-13-14(9)10/h1-3,6-8,11H,4-5,12H2/t11-/m1/s1. The molecule has 1 aliphatic rings. The van der Waals surface area contributed by atoms with Crippen LogP contribution in [0.5, 0.6) is 0 Å². The number of pyridine rings is 1. The summed E-state index contributed by atoms with van der Waals surface area (Å²) in [6, 6.07) is 8.33. The third-order valence-electron chi connectivity index (χ3n) is 2.92. The van der Waals surface area contributed by atoms with Crippen LogP contribution in [0.25, 0.3) is 5.52 Å². The Morgan fingerprint density at radius 3 is 3.00 bits per heavy atom. The van der Waals surface area contributed by atoms with E-state index in [0.29, 0.717) is 5.92 Å². The Hall–Kier alpha value is -1.35. The molecule has 3 rings (SSSR count). The van der Waals surface area contributed by atoms with Gasteiger partial charge in [0.25, 0.3) is 0 Å². The summed E-state index contributed by atoms with van der Waals surface area (Å²) < 4.78 is 1.95. The van der Waals surface area contributed by atoms with Gasteiger partial charge >= 0.3 is 0 Å². The molecule has 2 heterocycles. The third kappa shape index (κ3) is 1.13. The molecule has 2 aromatic heterocycles. The van der Waals surface area contributed by atoms with Crippen LogP contribution in [0.3, 0.4) is 0 Å². The normalized spacial score (nSPS) is 18.6. The smallest absolute Gasteiger partial charge is 0.0665 e. The van der Waals surface area contributed by atoms with Gasteiger partial charge in [0.2, 0.25) is 0 Å². The fourth-order valence-electron chi connectivity index (χ4n) is 1.92. The first-order chi connectivity index (χ1) is 6.86. The van der Waals surface area contributed by atoms with E-state index >= 15 is 0 Å². The fraction of sp³-hybridized carbons (Fsp3) is 0.364. The predicted molar refractivity (Wildman–Crippen MR) is 54.8 cm³/mol. The predicted octanol–water partition coefficient (Wildman–Crippen LogP) is 1.74. The van der Waals surface area contributed by atoms with Crippen LogP contribution in [0, 0.1) is 5.92 Å². The number of hydrogen-bond donors (Lipinski definition) is 1. The number of hydrogen-bond acceptors (Lipinski definition) is 2. The summed E-state index contributed by atoms with van der Waals surface area (Å²) in [5.74, 6) is 0.671. The Labute approximate surface area is 82.5 Å². The second kappa shape index (κ2) is 2.82. The van der Waals surface area contributed by atoms with E-state index in [2.05, 4.69) is 23.3 Å². The molecule has 2 N–H and O–H groups in total. The molecule has 3 heteroatoms. The highest BCUT2D eigenvalue weighted by atomic mass is 15.2. The van der Waals surface area contributed by atoms with Crippen LogP contribution in [0.15, 0.2) is 30.5 Å². The first kappa shape index (κ1) is 8.00. The van der Waals surface area contributed by atoms with Crippen molar-refractivity contribution in [2.45, 2.75) is 18.9 Å². The lowest BCUT2D eigenvalue weighted by Crippen LogP contribution is -2.16. The maximum Gasteiger partial charge on any atom is 0.0665 e. The molecular formula is C11H13N3. The zero-order chi connectivity index (χ0) is 9.54. The SMILES string of the molecule is N[C@@H](c1cccc2ccnn12)C1CC1. The highest BCUT2D eigenvalue weighted by Gasteiger charge is 2.30. The maximum atomic E-state index is 6.16. The average Bonchev–Trinajstić information content (AvgIpc) is 2.94. The fourth-order valence-corrected chi connectivity index (χ4v) is 1.92. The van der Waals surface area contributed by atoms with E-state index in [1.807, 2.05) is 16.8 Å². The molecule has 72 valence electrons. The second-order valence-corrected chi connectivity index (χ2v) is 3.98. The van der Waals surface area contributed by atoms with Gasteiger partial charge in [0, 0.05) is 12.2 Å². The monoisotopic (exact) mass is 187 g/mol. The lowest BCUT2D eigenvalue weighted by Gasteiger charge is -2.11. The summed E-state index contributed by atoms with van der Waals surface area (Å²) in [5, 5.41) is 4.29. The third-order valence-corrected chi connectivity index (χ3v) is 2.92. The van der Waals surface area contributed by atoms with E-state index in [9.17, 15) is 0 Å². The maximum absolute atomic E-state index is 6.16. The van der Waals surface area contributed by atoms with Crippen molar-refractivity contribution in [3.05, 3.63) is 36.2 Å². The Morgan fingerprint density at radius 1 is 1.36 bits per heavy atom. The molecule has 14 heavy (non-hydrogen) atoms. The topological polar surface area (TPSA) is 43.3 Å². The molecular weight excluding hydrogens is 174 g/mol. The summed E-state index contributed by atoms with van der Waals surface area (Å²) in [6.07, 6.45) is 4.34. The van der Waals surface area contributed by atoms with Crippen LogP contribution >= 0.6 is 0 Å². The Bertz CT molecular complexity index is 456. The van der Waals surface area contributed by atoms with Crippen LogP contribution in [-0.2, 0) is 0 Å². The van der Waals surface area contributed by atoms with Crippen molar-refractivity contribution in [1.82, 2.24) is 9.61 Å². The van der Waals surface area contributed by atoms with Crippen molar-refractivity contribution in [2.24, 2.45) is 11.7 Å². The molecule has 3 nitrogen and oxygen atoms in total. The number of nitrogens with two attached hydrogens (primary N) is 1. The molecule has 1 fully saturated rings. The molecule has 0 aromatic carbocycles. The van der Waals surface area contributed by atoms with Crippen LogP contribution in [0.1, 0.15) is 24.6 Å². The van der Waals surface area contributed by atoms with Gasteiger partial charge in [-0.25, -0.2) is 4.52 Å². The summed E-state index contributed by atoms with van der Waals surface area (Å²) in [6.45, 7) is 0. The Morgan fingerprint density at radius 2 is 2.21 bits per heavy atom. The highest BCUT2D eigenvalue weighted by Crippen LogP contribution is 2.39. The largest absolute Gasteiger partial charge is 0.322 e. The van der Waals surface area contributed by atoms with Crippen LogP contribution < -0.4 is 5.73 Å². The number of nitrogens with zero attached hydrogens (tertiary/aromatic N) is 2. The zero-order valence-electron chi connectivity index (χ0n) is 7.93. The van der Waals surface area contributed by atoms with Crippen LogP contribution in [0.4, 0.5) is 0 Å². The average molecular weight is 187 g/mol. The first-order valence-electron chi connectivity index (χ1n) is 5.04. The summed E-state index contributed by atoms with van der Waals surface area (Å²) in [4.78, 5) is 0. The van der Waals surface area contributed by atoms with Crippen molar-refractivity contribution in [2.75, 3.05) is 0 Å². The van der Waals surface area contributed by atoms with Crippen molar-refractivity contribution in [3.8, 4) is 0 Å². The molecule has 0 bridgehead atoms. The van der Waals surface area contributed by atoms with E-state index in [1.165, 1.54) is 12.8 Å². The van der Waals surface area contributed by atoms with Gasteiger partial charge in [0.05, 0.1) is 11.2 Å². The van der Waals surface area contributed by atoms with Gasteiger partial charge in [-0.1, -0.05) is 6.07 Å². The van der Waals surface area contributed by atoms with Gasteiger partial charge in [0.15, 0.2) is 0 Å². The quantitative estimate of drug-likeness (QED) is 0.778. The molecule has 0 aliphatic heterocycles. The molecule has 1 atom stereocenters. The minimum Gasteiger partial charge on any atom is -0.322 e. The highest BCUT2D eigenvalue weighted by molar-refractivity contribution is 5.46. The molecule has 0 saturated heterocycles. The van der Waals surface area contributed by atoms with Gasteiger partial charge < -0.3 is 5.73 Å². The van der Waals surface area contributed by atoms with E-state index < -0.39 is 0 Å². The molecule has 1 saturated carbocycles. The Balaban J connectivity index is 2.14. The van der Waals surface area contributed by atoms with E-state index in [0.717, 1.165) is 11.2 Å². The van der Waals surface area contributed by atoms with Gasteiger partial charge in [-0.2, -0.15) is 5.10 Å². The second-order valence-electron chi connectivity index (χ2n) is 3.98. The molecule has 0 radical (unpaired) electrons. The van der Waals surface area contributed by atoms with Gasteiger partial charge in [-0.05, 0) is 37.0 Å². The van der Waals surface area contributed by atoms with Gasteiger partial charge in [0.1, 0.15) is 0 Å². The van der Waals surface area contributed by atoms with E-state index in [-0.39, 0.29) is 6.04 Å². The van der Waals surface area contributed by atoms with E-state index in [1.54, 1.807) is 0 Å². The lowest BCUT2D eigenvalue weighted by atomic mass is 10.1. The summed E-state index contributed by atoms with van der Waals surface area (Å²) in [7, 11) is 0. The molecule has 0 amide bonds.